The maximum absolute atomic E-state index is 12.3. The van der Waals surface area contributed by atoms with Gasteiger partial charge in [0.15, 0.2) is 0 Å². The zero-order valence-corrected chi connectivity index (χ0v) is 13.2. The van der Waals surface area contributed by atoms with E-state index in [1.807, 2.05) is 13.8 Å². The number of phenolic OH excluding ortho intramolecular Hbond substituents is 1. The second kappa shape index (κ2) is 7.36. The summed E-state index contributed by atoms with van der Waals surface area (Å²) >= 11 is 0. The SMILES string of the molecule is COc1ccc(O)c(C(=O)N(C)CC(C)(C)CN)c1.Cl. The molecule has 1 aromatic carbocycles. The van der Waals surface area contributed by atoms with Gasteiger partial charge in [-0.2, -0.15) is 0 Å². The Hall–Kier alpha value is -1.46. The van der Waals surface area contributed by atoms with E-state index < -0.39 is 0 Å². The molecule has 0 atom stereocenters. The summed E-state index contributed by atoms with van der Waals surface area (Å²) in [6.45, 7) is 4.97. The van der Waals surface area contributed by atoms with Gasteiger partial charge in [-0.15, -0.1) is 12.4 Å². The Balaban J connectivity index is 0.00000361. The van der Waals surface area contributed by atoms with E-state index >= 15 is 0 Å². The van der Waals surface area contributed by atoms with Crippen molar-refractivity contribution in [1.29, 1.82) is 0 Å². The lowest BCUT2D eigenvalue weighted by Gasteiger charge is -2.29. The minimum absolute atomic E-state index is 0. The molecule has 0 saturated heterocycles. The van der Waals surface area contributed by atoms with Gasteiger partial charge in [0, 0.05) is 13.6 Å². The molecular formula is C14H23ClN2O3. The highest BCUT2D eigenvalue weighted by Gasteiger charge is 2.23. The molecule has 20 heavy (non-hydrogen) atoms. The van der Waals surface area contributed by atoms with Crippen molar-refractivity contribution in [1.82, 2.24) is 4.90 Å². The standard InChI is InChI=1S/C14H22N2O3.ClH/c1-14(2,8-15)9-16(3)13(18)11-7-10(19-4)5-6-12(11)17;/h5-7,17H,8-9,15H2,1-4H3;1H. The molecule has 5 nitrogen and oxygen atoms in total. The number of rotatable bonds is 5. The topological polar surface area (TPSA) is 75.8 Å². The number of nitrogens with zero attached hydrogens (tertiary/aromatic N) is 1. The summed E-state index contributed by atoms with van der Waals surface area (Å²) in [6.07, 6.45) is 0. The van der Waals surface area contributed by atoms with Gasteiger partial charge in [-0.05, 0) is 30.2 Å². The number of ether oxygens (including phenoxy) is 1. The Morgan fingerprint density at radius 2 is 2.05 bits per heavy atom. The van der Waals surface area contributed by atoms with Crippen molar-refractivity contribution in [2.75, 3.05) is 27.2 Å². The summed E-state index contributed by atoms with van der Waals surface area (Å²) in [6, 6.07) is 4.59. The largest absolute Gasteiger partial charge is 0.507 e. The minimum atomic E-state index is -0.252. The summed E-state index contributed by atoms with van der Waals surface area (Å²) in [5.41, 5.74) is 5.73. The first-order valence-electron chi connectivity index (χ1n) is 6.13. The maximum atomic E-state index is 12.3. The van der Waals surface area contributed by atoms with E-state index in [1.54, 1.807) is 18.0 Å². The van der Waals surface area contributed by atoms with Crippen molar-refractivity contribution < 1.29 is 14.6 Å². The highest BCUT2D eigenvalue weighted by Crippen LogP contribution is 2.25. The van der Waals surface area contributed by atoms with Crippen LogP contribution in [-0.2, 0) is 0 Å². The highest BCUT2D eigenvalue weighted by molar-refractivity contribution is 5.97. The van der Waals surface area contributed by atoms with Crippen LogP contribution < -0.4 is 10.5 Å². The van der Waals surface area contributed by atoms with Crippen molar-refractivity contribution >= 4 is 18.3 Å². The number of carbonyl (C=O) groups is 1. The molecule has 0 radical (unpaired) electrons. The minimum Gasteiger partial charge on any atom is -0.507 e. The number of hydrogen-bond donors (Lipinski definition) is 2. The molecule has 1 aromatic rings. The predicted octanol–water partition coefficient (Wildman–Crippen LogP) is 1.88. The monoisotopic (exact) mass is 302 g/mol. The van der Waals surface area contributed by atoms with Crippen molar-refractivity contribution in [3.05, 3.63) is 23.8 Å². The molecule has 0 aliphatic heterocycles. The highest BCUT2D eigenvalue weighted by atomic mass is 35.5. The molecule has 0 fully saturated rings. The summed E-state index contributed by atoms with van der Waals surface area (Å²) in [4.78, 5) is 13.9. The Morgan fingerprint density at radius 1 is 1.45 bits per heavy atom. The normalized spacial score (nSPS) is 10.7. The zero-order valence-electron chi connectivity index (χ0n) is 12.3. The molecule has 0 spiro atoms. The first-order chi connectivity index (χ1) is 8.80. The fourth-order valence-electron chi connectivity index (χ4n) is 1.80. The molecule has 3 N–H and O–H groups in total. The first-order valence-corrected chi connectivity index (χ1v) is 6.13. The third-order valence-corrected chi connectivity index (χ3v) is 3.00. The number of halogens is 1. The van der Waals surface area contributed by atoms with Crippen LogP contribution in [0.1, 0.15) is 24.2 Å². The summed E-state index contributed by atoms with van der Waals surface area (Å²) in [7, 11) is 3.21. The molecule has 6 heteroatoms. The van der Waals surface area contributed by atoms with E-state index in [-0.39, 0.29) is 35.0 Å². The Bertz CT molecular complexity index is 464. The smallest absolute Gasteiger partial charge is 0.257 e. The van der Waals surface area contributed by atoms with E-state index in [4.69, 9.17) is 10.5 Å². The fraction of sp³-hybridized carbons (Fsp3) is 0.500. The van der Waals surface area contributed by atoms with Gasteiger partial charge < -0.3 is 20.5 Å². The molecular weight excluding hydrogens is 280 g/mol. The molecule has 1 amide bonds. The quantitative estimate of drug-likeness (QED) is 0.871. The number of benzene rings is 1. The van der Waals surface area contributed by atoms with Gasteiger partial charge >= 0.3 is 0 Å². The van der Waals surface area contributed by atoms with Crippen molar-refractivity contribution in [2.45, 2.75) is 13.8 Å². The first kappa shape index (κ1) is 18.5. The lowest BCUT2D eigenvalue weighted by Crippen LogP contribution is -2.39. The summed E-state index contributed by atoms with van der Waals surface area (Å²) < 4.78 is 5.06. The Kier molecular flexibility index (Phi) is 6.82. The number of phenols is 1. The molecule has 0 saturated carbocycles. The van der Waals surface area contributed by atoms with E-state index in [0.717, 1.165) is 0 Å². The molecule has 0 aliphatic carbocycles. The van der Waals surface area contributed by atoms with E-state index in [2.05, 4.69) is 0 Å². The second-order valence-electron chi connectivity index (χ2n) is 5.41. The van der Waals surface area contributed by atoms with Crippen LogP contribution >= 0.6 is 12.4 Å². The molecule has 0 aliphatic rings. The van der Waals surface area contributed by atoms with Crippen LogP contribution in [0.2, 0.25) is 0 Å². The molecule has 0 heterocycles. The van der Waals surface area contributed by atoms with E-state index in [9.17, 15) is 9.90 Å². The Labute approximate surface area is 126 Å². The number of amides is 1. The molecule has 0 unspecified atom stereocenters. The fourth-order valence-corrected chi connectivity index (χ4v) is 1.80. The van der Waals surface area contributed by atoms with E-state index in [1.165, 1.54) is 19.2 Å². The maximum Gasteiger partial charge on any atom is 0.257 e. The van der Waals surface area contributed by atoms with Gasteiger partial charge in [-0.25, -0.2) is 0 Å². The van der Waals surface area contributed by atoms with Crippen LogP contribution in [0.5, 0.6) is 11.5 Å². The second-order valence-corrected chi connectivity index (χ2v) is 5.41. The number of carbonyl (C=O) groups excluding carboxylic acids is 1. The van der Waals surface area contributed by atoms with Gasteiger partial charge in [0.05, 0.1) is 12.7 Å². The van der Waals surface area contributed by atoms with Gasteiger partial charge in [0.1, 0.15) is 11.5 Å². The van der Waals surface area contributed by atoms with Gasteiger partial charge in [0.2, 0.25) is 0 Å². The average molecular weight is 303 g/mol. The van der Waals surface area contributed by atoms with Crippen molar-refractivity contribution in [3.63, 3.8) is 0 Å². The van der Waals surface area contributed by atoms with E-state index in [0.29, 0.717) is 18.8 Å². The van der Waals surface area contributed by atoms with Crippen LogP contribution in [0, 0.1) is 5.41 Å². The average Bonchev–Trinajstić information content (AvgIpc) is 2.38. The molecule has 114 valence electrons. The van der Waals surface area contributed by atoms with Crippen molar-refractivity contribution in [2.24, 2.45) is 11.1 Å². The van der Waals surface area contributed by atoms with Crippen LogP contribution in [0.25, 0.3) is 0 Å². The zero-order chi connectivity index (χ0) is 14.6. The number of nitrogens with two attached hydrogens (primary N) is 1. The Morgan fingerprint density at radius 3 is 2.55 bits per heavy atom. The molecule has 0 aromatic heterocycles. The van der Waals surface area contributed by atoms with Crippen LogP contribution in [0.4, 0.5) is 0 Å². The van der Waals surface area contributed by atoms with Crippen LogP contribution in [-0.4, -0.2) is 43.2 Å². The summed E-state index contributed by atoms with van der Waals surface area (Å²) in [5, 5.41) is 9.78. The number of methoxy groups -OCH3 is 1. The van der Waals surface area contributed by atoms with Crippen LogP contribution in [0.3, 0.4) is 0 Å². The third kappa shape index (κ3) is 4.58. The van der Waals surface area contributed by atoms with Gasteiger partial charge in [-0.1, -0.05) is 13.8 Å². The molecule has 0 bridgehead atoms. The summed E-state index contributed by atoms with van der Waals surface area (Å²) in [5.74, 6) is 0.230. The number of hydrogen-bond acceptors (Lipinski definition) is 4. The molecule has 1 rings (SSSR count). The van der Waals surface area contributed by atoms with Gasteiger partial charge in [-0.3, -0.25) is 4.79 Å². The number of aromatic hydroxyl groups is 1. The van der Waals surface area contributed by atoms with Gasteiger partial charge in [0.25, 0.3) is 5.91 Å². The lowest BCUT2D eigenvalue weighted by atomic mass is 9.93. The van der Waals surface area contributed by atoms with Crippen LogP contribution in [0.15, 0.2) is 18.2 Å². The lowest BCUT2D eigenvalue weighted by molar-refractivity contribution is 0.0737. The third-order valence-electron chi connectivity index (χ3n) is 3.00. The van der Waals surface area contributed by atoms with Crippen molar-refractivity contribution in [3.8, 4) is 11.5 Å². The predicted molar refractivity (Wildman–Crippen MR) is 81.7 cm³/mol.